The van der Waals surface area contributed by atoms with Gasteiger partial charge in [0.1, 0.15) is 4.88 Å². The summed E-state index contributed by atoms with van der Waals surface area (Å²) in [7, 11) is 0. The molecule has 2 aliphatic rings. The van der Waals surface area contributed by atoms with E-state index in [1.807, 2.05) is 22.8 Å². The molecule has 0 aromatic carbocycles. The largest absolute Gasteiger partial charge is 0.477 e. The number of hydrogen-bond acceptors (Lipinski definition) is 5. The first kappa shape index (κ1) is 15.3. The number of aromatic nitrogens is 1. The molecule has 6 heteroatoms. The summed E-state index contributed by atoms with van der Waals surface area (Å²) >= 11 is 3.26. The van der Waals surface area contributed by atoms with Crippen LogP contribution in [0.25, 0.3) is 0 Å². The molecule has 0 amide bonds. The maximum Gasteiger partial charge on any atom is 0.346 e. The summed E-state index contributed by atoms with van der Waals surface area (Å²) in [4.78, 5) is 20.5. The van der Waals surface area contributed by atoms with Gasteiger partial charge in [0.15, 0.2) is 0 Å². The highest BCUT2D eigenvalue weighted by molar-refractivity contribution is 7.12. The lowest BCUT2D eigenvalue weighted by Crippen LogP contribution is -2.32. The number of carboxylic acids is 1. The van der Waals surface area contributed by atoms with Crippen molar-refractivity contribution < 1.29 is 9.90 Å². The summed E-state index contributed by atoms with van der Waals surface area (Å²) in [6, 6.07) is 1.95. The topological polar surface area (TPSA) is 53.4 Å². The van der Waals surface area contributed by atoms with Gasteiger partial charge in [0, 0.05) is 17.3 Å². The van der Waals surface area contributed by atoms with E-state index in [0.29, 0.717) is 10.8 Å². The first-order valence-electron chi connectivity index (χ1n) is 8.21. The Morgan fingerprint density at radius 2 is 2.17 bits per heavy atom. The lowest BCUT2D eigenvalue weighted by Gasteiger charge is -2.31. The Balaban J connectivity index is 1.37. The van der Waals surface area contributed by atoms with Crippen LogP contribution < -0.4 is 0 Å². The van der Waals surface area contributed by atoms with Crippen molar-refractivity contribution in [2.24, 2.45) is 0 Å². The summed E-state index contributed by atoms with van der Waals surface area (Å²) in [6.45, 7) is 2.82. The van der Waals surface area contributed by atoms with E-state index < -0.39 is 5.97 Å². The van der Waals surface area contributed by atoms with Crippen molar-refractivity contribution in [2.45, 2.75) is 44.6 Å². The van der Waals surface area contributed by atoms with Crippen LogP contribution in [-0.2, 0) is 19.4 Å². The molecular formula is C17H20N2O2S2. The summed E-state index contributed by atoms with van der Waals surface area (Å²) in [5.74, 6) is -0.203. The quantitative estimate of drug-likeness (QED) is 0.914. The monoisotopic (exact) mass is 348 g/mol. The smallest absolute Gasteiger partial charge is 0.346 e. The van der Waals surface area contributed by atoms with Crippen LogP contribution in [0.2, 0.25) is 0 Å². The van der Waals surface area contributed by atoms with Crippen LogP contribution in [0.3, 0.4) is 0 Å². The van der Waals surface area contributed by atoms with Crippen LogP contribution in [0.5, 0.6) is 0 Å². The van der Waals surface area contributed by atoms with Crippen LogP contribution in [0.4, 0.5) is 0 Å². The number of aromatic carboxylic acids is 1. The molecule has 0 spiro atoms. The minimum absolute atomic E-state index is 0.489. The molecule has 2 aromatic heterocycles. The number of likely N-dealkylation sites (tertiary alicyclic amines) is 1. The third-order valence-corrected chi connectivity index (χ3v) is 7.15. The van der Waals surface area contributed by atoms with Crippen LogP contribution in [-0.4, -0.2) is 34.0 Å². The number of carboxylic acid groups (broad SMARTS) is 1. The van der Waals surface area contributed by atoms with Crippen molar-refractivity contribution in [3.05, 3.63) is 37.5 Å². The van der Waals surface area contributed by atoms with Gasteiger partial charge in [-0.05, 0) is 62.2 Å². The van der Waals surface area contributed by atoms with Gasteiger partial charge in [0.2, 0.25) is 0 Å². The highest BCUT2D eigenvalue weighted by Crippen LogP contribution is 2.36. The molecule has 0 saturated carbocycles. The third kappa shape index (κ3) is 3.07. The lowest BCUT2D eigenvalue weighted by atomic mass is 9.97. The van der Waals surface area contributed by atoms with E-state index in [0.717, 1.165) is 38.0 Å². The van der Waals surface area contributed by atoms with Gasteiger partial charge < -0.3 is 5.11 Å². The van der Waals surface area contributed by atoms with Crippen LogP contribution in [0.1, 0.15) is 56.0 Å². The van der Waals surface area contributed by atoms with E-state index in [2.05, 4.69) is 4.90 Å². The van der Waals surface area contributed by atoms with Gasteiger partial charge in [-0.2, -0.15) is 0 Å². The van der Waals surface area contributed by atoms with Gasteiger partial charge in [-0.25, -0.2) is 9.78 Å². The molecule has 0 radical (unpaired) electrons. The fraction of sp³-hybridized carbons (Fsp3) is 0.529. The van der Waals surface area contributed by atoms with E-state index in [-0.39, 0.29) is 0 Å². The van der Waals surface area contributed by atoms with Gasteiger partial charge in [0.05, 0.1) is 10.7 Å². The zero-order chi connectivity index (χ0) is 15.8. The zero-order valence-electron chi connectivity index (χ0n) is 13.0. The molecule has 0 atom stereocenters. The minimum Gasteiger partial charge on any atom is -0.477 e. The van der Waals surface area contributed by atoms with Crippen molar-refractivity contribution in [1.82, 2.24) is 9.88 Å². The molecule has 23 heavy (non-hydrogen) atoms. The van der Waals surface area contributed by atoms with Crippen molar-refractivity contribution in [2.75, 3.05) is 13.1 Å². The second-order valence-corrected chi connectivity index (χ2v) is 8.44. The molecule has 1 N–H and O–H groups in total. The second-order valence-electron chi connectivity index (χ2n) is 6.41. The number of aryl methyl sites for hydroxylation is 2. The van der Waals surface area contributed by atoms with Gasteiger partial charge in [0.25, 0.3) is 0 Å². The van der Waals surface area contributed by atoms with E-state index in [4.69, 9.17) is 4.98 Å². The van der Waals surface area contributed by atoms with Crippen molar-refractivity contribution in [3.63, 3.8) is 0 Å². The first-order chi connectivity index (χ1) is 11.2. The number of nitrogens with zero attached hydrogens (tertiary/aromatic N) is 2. The van der Waals surface area contributed by atoms with Gasteiger partial charge in [-0.15, -0.1) is 22.7 Å². The normalized spacial score (nSPS) is 19.1. The Morgan fingerprint density at radius 1 is 1.35 bits per heavy atom. The molecule has 2 aromatic rings. The Kier molecular flexibility index (Phi) is 4.22. The Bertz CT molecular complexity index is 693. The predicted octanol–water partition coefficient (Wildman–Crippen LogP) is 3.77. The highest BCUT2D eigenvalue weighted by Gasteiger charge is 2.26. The average Bonchev–Trinajstić information content (AvgIpc) is 3.22. The van der Waals surface area contributed by atoms with Crippen molar-refractivity contribution in [1.29, 1.82) is 0 Å². The van der Waals surface area contributed by atoms with E-state index >= 15 is 0 Å². The molecule has 1 fully saturated rings. The molecule has 3 heterocycles. The Morgan fingerprint density at radius 3 is 2.91 bits per heavy atom. The standard InChI is InChI=1S/C17H20N2O2S2/c20-17(21)15-12(6-9-22-15)10-19-7-4-11(5-8-19)16-18-13-2-1-3-14(13)23-16/h6,9,11H,1-5,7-8,10H2,(H,20,21). The van der Waals surface area contributed by atoms with Gasteiger partial charge in [-0.3, -0.25) is 4.90 Å². The fourth-order valence-electron chi connectivity index (χ4n) is 3.61. The summed E-state index contributed by atoms with van der Waals surface area (Å²) in [5.41, 5.74) is 2.31. The Labute approximate surface area is 143 Å². The van der Waals surface area contributed by atoms with Gasteiger partial charge in [-0.1, -0.05) is 0 Å². The maximum atomic E-state index is 11.2. The van der Waals surface area contributed by atoms with E-state index in [1.54, 1.807) is 0 Å². The summed E-state index contributed by atoms with van der Waals surface area (Å²) in [5, 5.41) is 12.4. The molecule has 4 nitrogen and oxygen atoms in total. The summed E-state index contributed by atoms with van der Waals surface area (Å²) < 4.78 is 0. The third-order valence-electron chi connectivity index (χ3n) is 4.88. The second kappa shape index (κ2) is 6.34. The van der Waals surface area contributed by atoms with E-state index in [1.165, 1.54) is 46.2 Å². The molecule has 122 valence electrons. The molecule has 1 aliphatic heterocycles. The molecule has 1 saturated heterocycles. The molecule has 0 unspecified atom stereocenters. The molecular weight excluding hydrogens is 328 g/mol. The predicted molar refractivity (Wildman–Crippen MR) is 92.7 cm³/mol. The SMILES string of the molecule is O=C(O)c1sccc1CN1CCC(c2nc3c(s2)CCC3)CC1. The highest BCUT2D eigenvalue weighted by atomic mass is 32.1. The minimum atomic E-state index is -0.804. The van der Waals surface area contributed by atoms with Crippen molar-refractivity contribution in [3.8, 4) is 0 Å². The molecule has 0 bridgehead atoms. The number of thiazole rings is 1. The number of rotatable bonds is 4. The van der Waals surface area contributed by atoms with Crippen LogP contribution in [0, 0.1) is 0 Å². The number of thiophene rings is 1. The van der Waals surface area contributed by atoms with Crippen molar-refractivity contribution >= 4 is 28.6 Å². The number of carbonyl (C=O) groups is 1. The number of hydrogen-bond donors (Lipinski definition) is 1. The fourth-order valence-corrected chi connectivity index (χ4v) is 5.69. The first-order valence-corrected chi connectivity index (χ1v) is 9.91. The maximum absolute atomic E-state index is 11.2. The number of piperidine rings is 1. The zero-order valence-corrected chi connectivity index (χ0v) is 14.6. The average molecular weight is 348 g/mol. The van der Waals surface area contributed by atoms with Gasteiger partial charge >= 0.3 is 5.97 Å². The van der Waals surface area contributed by atoms with Crippen LogP contribution in [0.15, 0.2) is 11.4 Å². The summed E-state index contributed by atoms with van der Waals surface area (Å²) in [6.07, 6.45) is 5.94. The lowest BCUT2D eigenvalue weighted by molar-refractivity contribution is 0.0699. The van der Waals surface area contributed by atoms with E-state index in [9.17, 15) is 9.90 Å². The molecule has 4 rings (SSSR count). The molecule has 1 aliphatic carbocycles. The van der Waals surface area contributed by atoms with Crippen LogP contribution >= 0.6 is 22.7 Å². The Hall–Kier alpha value is -1.24. The number of fused-ring (bicyclic) bond motifs is 1.